The lowest BCUT2D eigenvalue weighted by molar-refractivity contribution is -0.139. The van der Waals surface area contributed by atoms with E-state index in [9.17, 15) is 41.6 Å². The number of hydrogen-bond donors (Lipinski definition) is 8. The number of aromatic amines is 1. The Bertz CT molecular complexity index is 1060. The predicted octanol–water partition coefficient (Wildman–Crippen LogP) is -1.50. The number of alkyl halides is 3. The Hall–Kier alpha value is -1.24. The van der Waals surface area contributed by atoms with Crippen LogP contribution in [0.15, 0.2) is 15.8 Å². The van der Waals surface area contributed by atoms with E-state index in [0.29, 0.717) is 10.8 Å². The second-order valence-corrected chi connectivity index (χ2v) is 10.1. The van der Waals surface area contributed by atoms with Gasteiger partial charge < -0.3 is 39.4 Å². The van der Waals surface area contributed by atoms with Gasteiger partial charge in [0.05, 0.1) is 12.7 Å². The van der Waals surface area contributed by atoms with Crippen molar-refractivity contribution in [2.45, 2.75) is 31.0 Å². The fourth-order valence-electron chi connectivity index (χ4n) is 2.24. The van der Waals surface area contributed by atoms with Gasteiger partial charge in [0.1, 0.15) is 17.9 Å². The van der Waals surface area contributed by atoms with Gasteiger partial charge in [-0.05, 0) is 0 Å². The van der Waals surface area contributed by atoms with Crippen molar-refractivity contribution in [3.63, 3.8) is 0 Å². The fourth-order valence-corrected chi connectivity index (χ4v) is 4.77. The number of halogens is 3. The molecule has 1 aliphatic rings. The van der Waals surface area contributed by atoms with Crippen LogP contribution in [-0.4, -0.2) is 63.0 Å². The Kier molecular flexibility index (Phi) is 9.55. The molecular weight excluding hydrogens is 538 g/mol. The lowest BCUT2D eigenvalue weighted by Crippen LogP contribution is -2.36. The Morgan fingerprint density at radius 3 is 1.94 bits per heavy atom. The third-order valence-corrected chi connectivity index (χ3v) is 6.74. The number of aromatic nitrogens is 2. The summed E-state index contributed by atoms with van der Waals surface area (Å²) in [4.78, 5) is 64.4. The average Bonchev–Trinajstić information content (AvgIpc) is 2.90. The van der Waals surface area contributed by atoms with Crippen LogP contribution >= 0.6 is 23.5 Å². The van der Waals surface area contributed by atoms with E-state index in [1.54, 1.807) is 4.98 Å². The molecule has 2 heterocycles. The third kappa shape index (κ3) is 9.87. The number of nitrogens with one attached hydrogen (secondary N) is 1. The summed E-state index contributed by atoms with van der Waals surface area (Å²) in [6.07, 6.45) is -8.04. The molecule has 1 aromatic heterocycles. The molecular formula is C10H16F3N2O15P3. The van der Waals surface area contributed by atoms with Gasteiger partial charge >= 0.3 is 35.3 Å². The molecule has 0 spiro atoms. The van der Waals surface area contributed by atoms with Gasteiger partial charge in [0.25, 0.3) is 5.56 Å². The molecule has 0 radical (unpaired) electrons. The van der Waals surface area contributed by atoms with Gasteiger partial charge in [0, 0.05) is 12.6 Å². The summed E-state index contributed by atoms with van der Waals surface area (Å²) in [5, 5.41) is 18.4. The number of aliphatic hydroxyl groups is 2. The molecule has 0 amide bonds. The van der Waals surface area contributed by atoms with Crippen molar-refractivity contribution in [3.8, 4) is 0 Å². The van der Waals surface area contributed by atoms with Gasteiger partial charge in [0.15, 0.2) is 0 Å². The van der Waals surface area contributed by atoms with Crippen LogP contribution in [0.4, 0.5) is 13.2 Å². The normalized spacial score (nSPS) is 22.1. The van der Waals surface area contributed by atoms with Crippen LogP contribution in [0.3, 0.4) is 0 Å². The highest BCUT2D eigenvalue weighted by Crippen LogP contribution is 2.64. The molecule has 23 heteroatoms. The van der Waals surface area contributed by atoms with Gasteiger partial charge in [-0.2, -0.15) is 21.8 Å². The topological polar surface area (TPSA) is 275 Å². The SMILES string of the molecule is O=P(O)(O)OP(=O)(O)OP(=O)(O)O.O=c1[nH]c(=O)n([C@H]2C[C@H](O)[C@@H](CO)O2)cc1C(F)(F)F. The summed E-state index contributed by atoms with van der Waals surface area (Å²) < 4.78 is 79.8. The van der Waals surface area contributed by atoms with Crippen molar-refractivity contribution in [1.82, 2.24) is 9.55 Å². The number of nitrogens with zero attached hydrogens (tertiary/aromatic N) is 1. The van der Waals surface area contributed by atoms with Crippen LogP contribution in [0.5, 0.6) is 0 Å². The maximum atomic E-state index is 12.6. The van der Waals surface area contributed by atoms with E-state index in [2.05, 4.69) is 8.62 Å². The molecule has 192 valence electrons. The molecule has 1 aromatic rings. The molecule has 1 fully saturated rings. The predicted molar refractivity (Wildman–Crippen MR) is 94.0 cm³/mol. The quantitative estimate of drug-likeness (QED) is 0.186. The molecule has 0 bridgehead atoms. The third-order valence-electron chi connectivity index (χ3n) is 3.39. The molecule has 1 saturated heterocycles. The molecule has 17 nitrogen and oxygen atoms in total. The highest BCUT2D eigenvalue weighted by atomic mass is 31.3. The van der Waals surface area contributed by atoms with Crippen molar-refractivity contribution in [3.05, 3.63) is 32.6 Å². The zero-order chi connectivity index (χ0) is 26.0. The van der Waals surface area contributed by atoms with E-state index in [1.165, 1.54) is 0 Å². The molecule has 33 heavy (non-hydrogen) atoms. The monoisotopic (exact) mass is 554 g/mol. The molecule has 2 rings (SSSR count). The highest BCUT2D eigenvalue weighted by molar-refractivity contribution is 7.66. The zero-order valence-corrected chi connectivity index (χ0v) is 18.2. The van der Waals surface area contributed by atoms with Crippen LogP contribution in [0.1, 0.15) is 18.2 Å². The summed E-state index contributed by atoms with van der Waals surface area (Å²) in [5.41, 5.74) is -4.17. The number of hydrogen-bond acceptors (Lipinski definition) is 10. The van der Waals surface area contributed by atoms with Crippen LogP contribution in [-0.2, 0) is 33.2 Å². The van der Waals surface area contributed by atoms with Crippen LogP contribution in [0.2, 0.25) is 0 Å². The van der Waals surface area contributed by atoms with Gasteiger partial charge in [-0.15, -0.1) is 0 Å². The first-order chi connectivity index (χ1) is 14.6. The van der Waals surface area contributed by atoms with E-state index < -0.39 is 71.5 Å². The van der Waals surface area contributed by atoms with Gasteiger partial charge in [0.2, 0.25) is 0 Å². The van der Waals surface area contributed by atoms with E-state index in [4.69, 9.17) is 34.3 Å². The minimum atomic E-state index is -5.46. The van der Waals surface area contributed by atoms with Crippen LogP contribution in [0, 0.1) is 0 Å². The summed E-state index contributed by atoms with van der Waals surface area (Å²) in [6.45, 7) is -0.540. The molecule has 8 N–H and O–H groups in total. The maximum absolute atomic E-state index is 12.6. The Morgan fingerprint density at radius 2 is 1.58 bits per heavy atom. The molecule has 0 aliphatic carbocycles. The Balaban J connectivity index is 0.000000366. The number of ether oxygens (including phenoxy) is 1. The lowest BCUT2D eigenvalue weighted by Gasteiger charge is -2.16. The lowest BCUT2D eigenvalue weighted by atomic mass is 10.2. The number of aliphatic hydroxyl groups excluding tert-OH is 2. The maximum Gasteiger partial charge on any atom is 0.490 e. The Labute approximate surface area is 179 Å². The average molecular weight is 554 g/mol. The number of phosphoric acid groups is 3. The number of H-pyrrole nitrogens is 1. The Morgan fingerprint density at radius 1 is 1.09 bits per heavy atom. The fraction of sp³-hybridized carbons (Fsp3) is 0.600. The van der Waals surface area contributed by atoms with Crippen molar-refractivity contribution in [2.24, 2.45) is 0 Å². The first kappa shape index (κ1) is 29.8. The minimum absolute atomic E-state index is 0.172. The molecule has 1 aliphatic heterocycles. The second kappa shape index (κ2) is 10.6. The van der Waals surface area contributed by atoms with Crippen LogP contribution < -0.4 is 11.2 Å². The summed E-state index contributed by atoms with van der Waals surface area (Å²) in [6, 6.07) is 0. The second-order valence-electron chi connectivity index (χ2n) is 5.93. The van der Waals surface area contributed by atoms with E-state index in [1.807, 2.05) is 0 Å². The van der Waals surface area contributed by atoms with Gasteiger partial charge in [-0.3, -0.25) is 14.3 Å². The van der Waals surface area contributed by atoms with Crippen molar-refractivity contribution < 1.29 is 74.9 Å². The van der Waals surface area contributed by atoms with Crippen molar-refractivity contribution >= 4 is 23.5 Å². The van der Waals surface area contributed by atoms with Crippen molar-refractivity contribution in [1.29, 1.82) is 0 Å². The van der Waals surface area contributed by atoms with E-state index >= 15 is 0 Å². The molecule has 0 aromatic carbocycles. The minimum Gasteiger partial charge on any atom is -0.394 e. The summed E-state index contributed by atoms with van der Waals surface area (Å²) >= 11 is 0. The van der Waals surface area contributed by atoms with Crippen molar-refractivity contribution in [2.75, 3.05) is 6.61 Å². The first-order valence-electron chi connectivity index (χ1n) is 7.89. The van der Waals surface area contributed by atoms with Gasteiger partial charge in [-0.1, -0.05) is 0 Å². The van der Waals surface area contributed by atoms with E-state index in [0.717, 1.165) is 0 Å². The molecule has 0 unspecified atom stereocenters. The molecule has 0 saturated carbocycles. The number of rotatable bonds is 6. The van der Waals surface area contributed by atoms with Gasteiger partial charge in [-0.25, -0.2) is 18.5 Å². The van der Waals surface area contributed by atoms with E-state index in [-0.39, 0.29) is 6.42 Å². The first-order valence-corrected chi connectivity index (χ1v) is 12.4. The molecule has 3 atom stereocenters. The smallest absolute Gasteiger partial charge is 0.394 e. The highest BCUT2D eigenvalue weighted by Gasteiger charge is 2.39. The van der Waals surface area contributed by atoms with Crippen LogP contribution in [0.25, 0.3) is 0 Å². The summed E-state index contributed by atoms with van der Waals surface area (Å²) in [7, 11) is -16.2. The summed E-state index contributed by atoms with van der Waals surface area (Å²) in [5.74, 6) is 0. The zero-order valence-electron chi connectivity index (χ0n) is 15.5. The largest absolute Gasteiger partial charge is 0.490 e. The standard InChI is InChI=1S/C10H11F3N2O5.H5O10P3/c11-10(12,13)4-2-15(9(19)14-8(4)18)7-1-5(17)6(3-16)20-7;1-11(2,3)9-13(7,8)10-12(4,5)6/h2,5-7,16-17H,1,3H2,(H,14,18,19);(H,7,8)(H2,1,2,3)(H2,4,5,6)/t5-,6+,7+;/m0./s1.